The van der Waals surface area contributed by atoms with Crippen LogP contribution in [0.1, 0.15) is 19.4 Å². The Morgan fingerprint density at radius 3 is 2.47 bits per heavy atom. The lowest BCUT2D eigenvalue weighted by Crippen LogP contribution is -2.47. The standard InChI is InChI=1S/C16H26N2O/c1-13(2)19-16-6-4-14(5-7-16)8-9-18(3)12-15-10-17-11-15/h4-7,13,15,17H,8-12H2,1-3H3. The summed E-state index contributed by atoms with van der Waals surface area (Å²) < 4.78 is 5.65. The molecule has 1 aromatic carbocycles. The fraction of sp³-hybridized carbons (Fsp3) is 0.625. The Bertz CT molecular complexity index is 371. The van der Waals surface area contributed by atoms with Gasteiger partial charge in [-0.05, 0) is 50.9 Å². The maximum Gasteiger partial charge on any atom is 0.119 e. The second-order valence-corrected chi connectivity index (χ2v) is 5.85. The molecule has 3 nitrogen and oxygen atoms in total. The summed E-state index contributed by atoms with van der Waals surface area (Å²) in [7, 11) is 2.22. The molecule has 0 aromatic heterocycles. The molecule has 1 N–H and O–H groups in total. The third kappa shape index (κ3) is 4.84. The minimum atomic E-state index is 0.244. The Balaban J connectivity index is 1.72. The van der Waals surface area contributed by atoms with E-state index in [9.17, 15) is 0 Å². The monoisotopic (exact) mass is 262 g/mol. The van der Waals surface area contributed by atoms with Gasteiger partial charge in [-0.15, -0.1) is 0 Å². The fourth-order valence-corrected chi connectivity index (χ4v) is 2.34. The van der Waals surface area contributed by atoms with Gasteiger partial charge in [0.2, 0.25) is 0 Å². The molecule has 1 aliphatic heterocycles. The summed E-state index contributed by atoms with van der Waals surface area (Å²) >= 11 is 0. The van der Waals surface area contributed by atoms with E-state index < -0.39 is 0 Å². The van der Waals surface area contributed by atoms with Crippen molar-refractivity contribution in [1.82, 2.24) is 10.2 Å². The third-order valence-corrected chi connectivity index (χ3v) is 3.51. The van der Waals surface area contributed by atoms with Crippen molar-refractivity contribution in [2.75, 3.05) is 33.2 Å². The van der Waals surface area contributed by atoms with Crippen molar-refractivity contribution in [2.24, 2.45) is 5.92 Å². The van der Waals surface area contributed by atoms with Gasteiger partial charge in [0.25, 0.3) is 0 Å². The van der Waals surface area contributed by atoms with Crippen molar-refractivity contribution < 1.29 is 4.74 Å². The molecule has 0 unspecified atom stereocenters. The van der Waals surface area contributed by atoms with Crippen LogP contribution in [0.2, 0.25) is 0 Å². The lowest BCUT2D eigenvalue weighted by Gasteiger charge is -2.31. The molecule has 1 saturated heterocycles. The van der Waals surface area contributed by atoms with Crippen LogP contribution in [0.15, 0.2) is 24.3 Å². The number of ether oxygens (including phenoxy) is 1. The summed E-state index contributed by atoms with van der Waals surface area (Å²) in [6.07, 6.45) is 1.35. The third-order valence-electron chi connectivity index (χ3n) is 3.51. The van der Waals surface area contributed by atoms with Crippen molar-refractivity contribution >= 4 is 0 Å². The number of likely N-dealkylation sites (N-methyl/N-ethyl adjacent to an activating group) is 1. The first-order valence-corrected chi connectivity index (χ1v) is 7.28. The molecule has 1 aliphatic rings. The van der Waals surface area contributed by atoms with Crippen molar-refractivity contribution in [3.05, 3.63) is 29.8 Å². The SMILES string of the molecule is CC(C)Oc1ccc(CCN(C)CC2CNC2)cc1. The average molecular weight is 262 g/mol. The van der Waals surface area contributed by atoms with Gasteiger partial charge in [0.15, 0.2) is 0 Å². The maximum atomic E-state index is 5.65. The second kappa shape index (κ2) is 6.92. The predicted octanol–water partition coefficient (Wildman–Crippen LogP) is 2.17. The van der Waals surface area contributed by atoms with E-state index >= 15 is 0 Å². The number of nitrogens with zero attached hydrogens (tertiary/aromatic N) is 1. The Hall–Kier alpha value is -1.06. The molecule has 0 aliphatic carbocycles. The minimum absolute atomic E-state index is 0.244. The van der Waals surface area contributed by atoms with Crippen LogP contribution in [0.4, 0.5) is 0 Å². The Kier molecular flexibility index (Phi) is 5.23. The number of nitrogens with one attached hydrogen (secondary N) is 1. The highest BCUT2D eigenvalue weighted by Gasteiger charge is 2.17. The molecule has 0 saturated carbocycles. The predicted molar refractivity (Wildman–Crippen MR) is 79.8 cm³/mol. The number of hydrogen-bond acceptors (Lipinski definition) is 3. The highest BCUT2D eigenvalue weighted by molar-refractivity contribution is 5.27. The van der Waals surface area contributed by atoms with Gasteiger partial charge in [-0.2, -0.15) is 0 Å². The first kappa shape index (κ1) is 14.4. The lowest BCUT2D eigenvalue weighted by atomic mass is 10.0. The summed E-state index contributed by atoms with van der Waals surface area (Å²) in [5, 5.41) is 3.32. The molecule has 3 heteroatoms. The lowest BCUT2D eigenvalue weighted by molar-refractivity contribution is 0.226. The van der Waals surface area contributed by atoms with Gasteiger partial charge in [-0.25, -0.2) is 0 Å². The number of hydrogen-bond donors (Lipinski definition) is 1. The second-order valence-electron chi connectivity index (χ2n) is 5.85. The summed E-state index contributed by atoms with van der Waals surface area (Å²) in [6, 6.07) is 8.50. The Morgan fingerprint density at radius 1 is 1.26 bits per heavy atom. The highest BCUT2D eigenvalue weighted by atomic mass is 16.5. The summed E-state index contributed by atoms with van der Waals surface area (Å²) in [5.41, 5.74) is 1.38. The zero-order valence-corrected chi connectivity index (χ0v) is 12.4. The molecule has 0 bridgehead atoms. The van der Waals surface area contributed by atoms with E-state index in [0.29, 0.717) is 0 Å². The molecule has 1 fully saturated rings. The van der Waals surface area contributed by atoms with Gasteiger partial charge >= 0.3 is 0 Å². The van der Waals surface area contributed by atoms with Gasteiger partial charge in [0.1, 0.15) is 5.75 Å². The first-order valence-electron chi connectivity index (χ1n) is 7.28. The molecule has 0 atom stereocenters. The van der Waals surface area contributed by atoms with Crippen LogP contribution in [-0.4, -0.2) is 44.2 Å². The zero-order valence-electron chi connectivity index (χ0n) is 12.4. The van der Waals surface area contributed by atoms with E-state index in [1.54, 1.807) is 0 Å². The molecule has 0 amide bonds. The molecule has 19 heavy (non-hydrogen) atoms. The van der Waals surface area contributed by atoms with Crippen molar-refractivity contribution in [3.8, 4) is 5.75 Å². The topological polar surface area (TPSA) is 24.5 Å². The van der Waals surface area contributed by atoms with E-state index in [-0.39, 0.29) is 6.10 Å². The molecule has 0 radical (unpaired) electrons. The highest BCUT2D eigenvalue weighted by Crippen LogP contribution is 2.14. The molecular formula is C16H26N2O. The largest absolute Gasteiger partial charge is 0.491 e. The Labute approximate surface area is 116 Å². The van der Waals surface area contributed by atoms with Crippen LogP contribution in [0.3, 0.4) is 0 Å². The molecule has 1 heterocycles. The quantitative estimate of drug-likeness (QED) is 0.815. The smallest absolute Gasteiger partial charge is 0.119 e. The van der Waals surface area contributed by atoms with E-state index in [4.69, 9.17) is 4.74 Å². The van der Waals surface area contributed by atoms with Gasteiger partial charge in [0.05, 0.1) is 6.10 Å². The van der Waals surface area contributed by atoms with Gasteiger partial charge in [0, 0.05) is 26.2 Å². The van der Waals surface area contributed by atoms with Crippen LogP contribution in [-0.2, 0) is 6.42 Å². The molecule has 106 valence electrons. The summed E-state index contributed by atoms with van der Waals surface area (Å²) in [6.45, 7) is 8.82. The first-order chi connectivity index (χ1) is 9.13. The van der Waals surface area contributed by atoms with Crippen molar-refractivity contribution in [1.29, 1.82) is 0 Å². The van der Waals surface area contributed by atoms with Gasteiger partial charge < -0.3 is 15.0 Å². The normalized spacial score (nSPS) is 15.8. The minimum Gasteiger partial charge on any atom is -0.491 e. The molecule has 1 aromatic rings. The van der Waals surface area contributed by atoms with E-state index in [1.807, 2.05) is 0 Å². The van der Waals surface area contributed by atoms with E-state index in [1.165, 1.54) is 25.2 Å². The zero-order chi connectivity index (χ0) is 13.7. The molecule has 0 spiro atoms. The van der Waals surface area contributed by atoms with Gasteiger partial charge in [-0.3, -0.25) is 0 Å². The van der Waals surface area contributed by atoms with Crippen LogP contribution in [0, 0.1) is 5.92 Å². The van der Waals surface area contributed by atoms with Crippen LogP contribution in [0.25, 0.3) is 0 Å². The number of rotatable bonds is 7. The Morgan fingerprint density at radius 2 is 1.95 bits per heavy atom. The van der Waals surface area contributed by atoms with Crippen LogP contribution in [0.5, 0.6) is 5.75 Å². The average Bonchev–Trinajstić information content (AvgIpc) is 2.32. The van der Waals surface area contributed by atoms with Gasteiger partial charge in [-0.1, -0.05) is 12.1 Å². The van der Waals surface area contributed by atoms with Crippen molar-refractivity contribution in [2.45, 2.75) is 26.4 Å². The van der Waals surface area contributed by atoms with E-state index in [0.717, 1.165) is 24.6 Å². The molecule has 2 rings (SSSR count). The molecular weight excluding hydrogens is 236 g/mol. The number of benzene rings is 1. The van der Waals surface area contributed by atoms with Crippen molar-refractivity contribution in [3.63, 3.8) is 0 Å². The van der Waals surface area contributed by atoms with E-state index in [2.05, 4.69) is 55.4 Å². The fourth-order valence-electron chi connectivity index (χ4n) is 2.34. The van der Waals surface area contributed by atoms with Crippen LogP contribution < -0.4 is 10.1 Å². The van der Waals surface area contributed by atoms with Crippen LogP contribution >= 0.6 is 0 Å². The summed E-state index contributed by atoms with van der Waals surface area (Å²) in [5.74, 6) is 1.82. The maximum absolute atomic E-state index is 5.65. The summed E-state index contributed by atoms with van der Waals surface area (Å²) in [4.78, 5) is 2.43.